The van der Waals surface area contributed by atoms with Crippen molar-refractivity contribution in [3.8, 4) is 5.75 Å². The lowest BCUT2D eigenvalue weighted by molar-refractivity contribution is 0.103. The summed E-state index contributed by atoms with van der Waals surface area (Å²) < 4.78 is 13.9. The van der Waals surface area contributed by atoms with E-state index in [4.69, 9.17) is 9.15 Å². The number of benzene rings is 2. The highest BCUT2D eigenvalue weighted by Crippen LogP contribution is 2.33. The number of ether oxygens (including phenoxy) is 1. The standard InChI is InChI=1S/C25H29I2NO4.ClH/c1-4-28(5-2)12-13-31-25-19(26)14-17(15-20(25)27)24(30)23-18-8-6-7-9-21(18)32-22(23)11-10-16(3)29;/h6-9,14-16,29H,4-5,10-13H2,1-3H3;1H. The highest BCUT2D eigenvalue weighted by molar-refractivity contribution is 14.1. The van der Waals surface area contributed by atoms with Crippen LogP contribution in [0.1, 0.15) is 48.9 Å². The molecule has 0 radical (unpaired) electrons. The highest BCUT2D eigenvalue weighted by atomic mass is 127. The molecule has 5 nitrogen and oxygen atoms in total. The van der Waals surface area contributed by atoms with Crippen LogP contribution in [0.2, 0.25) is 0 Å². The van der Waals surface area contributed by atoms with Gasteiger partial charge in [0.05, 0.1) is 18.8 Å². The molecule has 0 bridgehead atoms. The minimum atomic E-state index is -0.458. The Morgan fingerprint density at radius 2 is 1.79 bits per heavy atom. The number of aliphatic hydroxyl groups excluding tert-OH is 1. The zero-order chi connectivity index (χ0) is 23.3. The lowest BCUT2D eigenvalue weighted by atomic mass is 9.98. The number of ketones is 1. The maximum atomic E-state index is 13.6. The second-order valence-corrected chi connectivity index (χ2v) is 10.1. The molecule has 1 aromatic heterocycles. The van der Waals surface area contributed by atoms with Crippen LogP contribution in [0, 0.1) is 7.14 Å². The average molecular weight is 698 g/mol. The van der Waals surface area contributed by atoms with Crippen LogP contribution in [0.5, 0.6) is 5.75 Å². The monoisotopic (exact) mass is 697 g/mol. The van der Waals surface area contributed by atoms with Crippen LogP contribution in [0.15, 0.2) is 40.8 Å². The number of halogens is 3. The molecule has 0 aliphatic heterocycles. The van der Waals surface area contributed by atoms with Gasteiger partial charge in [-0.25, -0.2) is 0 Å². The van der Waals surface area contributed by atoms with Crippen molar-refractivity contribution >= 4 is 74.3 Å². The predicted octanol–water partition coefficient (Wildman–Crippen LogP) is 6.33. The molecule has 1 heterocycles. The molecule has 0 saturated carbocycles. The molecule has 0 spiro atoms. The Labute approximate surface area is 228 Å². The molecule has 8 heteroatoms. The lowest BCUT2D eigenvalue weighted by Gasteiger charge is -2.19. The van der Waals surface area contributed by atoms with Gasteiger partial charge in [0.15, 0.2) is 5.78 Å². The molecule has 3 aromatic rings. The summed E-state index contributed by atoms with van der Waals surface area (Å²) in [7, 11) is 0. The second-order valence-electron chi connectivity index (χ2n) is 7.76. The quantitative estimate of drug-likeness (QED) is 0.188. The van der Waals surface area contributed by atoms with Crippen molar-refractivity contribution in [3.63, 3.8) is 0 Å². The van der Waals surface area contributed by atoms with Crippen molar-refractivity contribution in [1.29, 1.82) is 0 Å². The van der Waals surface area contributed by atoms with Gasteiger partial charge in [-0.15, -0.1) is 12.4 Å². The summed E-state index contributed by atoms with van der Waals surface area (Å²) in [6, 6.07) is 11.4. The van der Waals surface area contributed by atoms with E-state index in [0.29, 0.717) is 41.9 Å². The fourth-order valence-electron chi connectivity index (χ4n) is 3.65. The number of furan rings is 1. The smallest absolute Gasteiger partial charge is 0.197 e. The largest absolute Gasteiger partial charge is 0.490 e. The third-order valence-electron chi connectivity index (χ3n) is 5.49. The summed E-state index contributed by atoms with van der Waals surface area (Å²) in [4.78, 5) is 15.9. The first-order valence-electron chi connectivity index (χ1n) is 10.9. The van der Waals surface area contributed by atoms with Crippen molar-refractivity contribution in [1.82, 2.24) is 4.90 Å². The van der Waals surface area contributed by atoms with Gasteiger partial charge in [-0.1, -0.05) is 32.0 Å². The van der Waals surface area contributed by atoms with E-state index in [9.17, 15) is 9.90 Å². The SMILES string of the molecule is CCN(CC)CCOc1c(I)cc(C(=O)c2c(CCC(C)O)oc3ccccc23)cc1I.Cl. The number of nitrogens with zero attached hydrogens (tertiary/aromatic N) is 1. The number of aryl methyl sites for hydroxylation is 1. The fourth-order valence-corrected chi connectivity index (χ4v) is 5.73. The molecule has 2 aromatic carbocycles. The van der Waals surface area contributed by atoms with Crippen LogP contribution < -0.4 is 4.74 Å². The molecule has 33 heavy (non-hydrogen) atoms. The van der Waals surface area contributed by atoms with E-state index >= 15 is 0 Å². The Kier molecular flexibility index (Phi) is 11.4. The molecule has 1 N–H and O–H groups in total. The van der Waals surface area contributed by atoms with Crippen molar-refractivity contribution in [2.24, 2.45) is 0 Å². The minimum absolute atomic E-state index is 0. The number of likely N-dealkylation sites (N-methyl/N-ethyl adjacent to an activating group) is 1. The van der Waals surface area contributed by atoms with E-state index in [1.165, 1.54) is 0 Å². The lowest BCUT2D eigenvalue weighted by Crippen LogP contribution is -2.28. The normalized spacial score (nSPS) is 12.1. The molecule has 3 rings (SSSR count). The minimum Gasteiger partial charge on any atom is -0.490 e. The Bertz CT molecular complexity index is 1060. The first kappa shape index (κ1) is 28.4. The van der Waals surface area contributed by atoms with E-state index in [0.717, 1.165) is 37.9 Å². The number of hydrogen-bond donors (Lipinski definition) is 1. The van der Waals surface area contributed by atoms with E-state index in [1.54, 1.807) is 6.92 Å². The first-order chi connectivity index (χ1) is 15.3. The van der Waals surface area contributed by atoms with Crippen LogP contribution >= 0.6 is 57.6 Å². The van der Waals surface area contributed by atoms with Gasteiger partial charge in [-0.3, -0.25) is 4.79 Å². The Morgan fingerprint density at radius 1 is 1.15 bits per heavy atom. The molecular weight excluding hydrogens is 668 g/mol. The van der Waals surface area contributed by atoms with Crippen LogP contribution in [0.4, 0.5) is 0 Å². The van der Waals surface area contributed by atoms with Gasteiger partial charge >= 0.3 is 0 Å². The number of fused-ring (bicyclic) bond motifs is 1. The van der Waals surface area contributed by atoms with Gasteiger partial charge < -0.3 is 19.2 Å². The van der Waals surface area contributed by atoms with Gasteiger partial charge in [0.25, 0.3) is 0 Å². The van der Waals surface area contributed by atoms with E-state index < -0.39 is 6.10 Å². The number of hydrogen-bond acceptors (Lipinski definition) is 5. The van der Waals surface area contributed by atoms with E-state index in [1.807, 2.05) is 36.4 Å². The summed E-state index contributed by atoms with van der Waals surface area (Å²) in [5, 5.41) is 10.5. The molecular formula is C25H30ClI2NO4. The summed E-state index contributed by atoms with van der Waals surface area (Å²) >= 11 is 4.48. The van der Waals surface area contributed by atoms with Crippen molar-refractivity contribution < 1.29 is 19.1 Å². The molecule has 0 aliphatic carbocycles. The van der Waals surface area contributed by atoms with Gasteiger partial charge in [-0.05, 0) is 89.8 Å². The summed E-state index contributed by atoms with van der Waals surface area (Å²) in [5.74, 6) is 1.38. The summed E-state index contributed by atoms with van der Waals surface area (Å²) in [6.45, 7) is 9.51. The number of carbonyl (C=O) groups is 1. The first-order valence-corrected chi connectivity index (χ1v) is 13.1. The van der Waals surface area contributed by atoms with Crippen LogP contribution in [-0.2, 0) is 6.42 Å². The van der Waals surface area contributed by atoms with Crippen molar-refractivity contribution in [2.75, 3.05) is 26.2 Å². The van der Waals surface area contributed by atoms with Crippen LogP contribution in [-0.4, -0.2) is 48.1 Å². The Balaban J connectivity index is 0.00000385. The number of aliphatic hydroxyl groups is 1. The Morgan fingerprint density at radius 3 is 2.39 bits per heavy atom. The maximum absolute atomic E-state index is 13.6. The summed E-state index contributed by atoms with van der Waals surface area (Å²) in [5.41, 5.74) is 1.89. The number of carbonyl (C=O) groups excluding carboxylic acids is 1. The van der Waals surface area contributed by atoms with Gasteiger partial charge in [0.1, 0.15) is 23.7 Å². The fraction of sp³-hybridized carbons (Fsp3) is 0.400. The van der Waals surface area contributed by atoms with Crippen LogP contribution in [0.25, 0.3) is 11.0 Å². The molecule has 0 saturated heterocycles. The van der Waals surface area contributed by atoms with Crippen molar-refractivity contribution in [3.05, 3.63) is 60.4 Å². The van der Waals surface area contributed by atoms with Gasteiger partial charge in [-0.2, -0.15) is 0 Å². The highest BCUT2D eigenvalue weighted by Gasteiger charge is 2.23. The molecule has 1 unspecified atom stereocenters. The molecule has 0 fully saturated rings. The zero-order valence-electron chi connectivity index (χ0n) is 19.1. The predicted molar refractivity (Wildman–Crippen MR) is 152 cm³/mol. The van der Waals surface area contributed by atoms with Crippen molar-refractivity contribution in [2.45, 2.75) is 39.7 Å². The van der Waals surface area contributed by atoms with Gasteiger partial charge in [0, 0.05) is 23.9 Å². The molecule has 1 atom stereocenters. The van der Waals surface area contributed by atoms with E-state index in [2.05, 4.69) is 63.9 Å². The van der Waals surface area contributed by atoms with Crippen LogP contribution in [0.3, 0.4) is 0 Å². The maximum Gasteiger partial charge on any atom is 0.197 e. The number of para-hydroxylation sites is 1. The number of rotatable bonds is 11. The molecule has 0 amide bonds. The average Bonchev–Trinajstić information content (AvgIpc) is 3.14. The second kappa shape index (κ2) is 13.3. The zero-order valence-corrected chi connectivity index (χ0v) is 24.2. The molecule has 0 aliphatic rings. The van der Waals surface area contributed by atoms with Gasteiger partial charge in [0.2, 0.25) is 0 Å². The third kappa shape index (κ3) is 7.06. The van der Waals surface area contributed by atoms with E-state index in [-0.39, 0.29) is 18.2 Å². The third-order valence-corrected chi connectivity index (χ3v) is 7.10. The summed E-state index contributed by atoms with van der Waals surface area (Å²) in [6.07, 6.45) is 0.587. The topological polar surface area (TPSA) is 62.9 Å². The Hall–Kier alpha value is -0.880. The molecule has 180 valence electrons.